The van der Waals surface area contributed by atoms with Crippen molar-refractivity contribution in [3.8, 4) is 5.75 Å². The fraction of sp³-hybridized carbons (Fsp3) is 0.500. The highest BCUT2D eigenvalue weighted by Gasteiger charge is 2.26. The molecule has 0 aliphatic rings. The van der Waals surface area contributed by atoms with Crippen LogP contribution in [0, 0.1) is 0 Å². The largest absolute Gasteiger partial charge is 0.507 e. The van der Waals surface area contributed by atoms with Crippen LogP contribution >= 0.6 is 11.8 Å². The summed E-state index contributed by atoms with van der Waals surface area (Å²) < 4.78 is 0. The summed E-state index contributed by atoms with van der Waals surface area (Å²) in [5, 5.41) is 13.8. The second kappa shape index (κ2) is 10.4. The van der Waals surface area contributed by atoms with Crippen LogP contribution in [-0.4, -0.2) is 22.5 Å². The second-order valence-corrected chi connectivity index (χ2v) is 11.1. The molecule has 0 saturated carbocycles. The fourth-order valence-electron chi connectivity index (χ4n) is 3.37. The van der Waals surface area contributed by atoms with Crippen molar-refractivity contribution in [2.75, 3.05) is 11.5 Å². The SMILES string of the molecule is CC(C)(C)c1cc(CCCSCC(=O)NCc2ccccc2)cc(C(C)(C)C)c1O. The first-order valence-electron chi connectivity index (χ1n) is 10.7. The number of phenolic OH excluding ortho intramolecular Hbond substituents is 1. The monoisotopic (exact) mass is 427 g/mol. The molecular weight excluding hydrogens is 390 g/mol. The summed E-state index contributed by atoms with van der Waals surface area (Å²) >= 11 is 1.68. The van der Waals surface area contributed by atoms with E-state index < -0.39 is 0 Å². The van der Waals surface area contributed by atoms with Gasteiger partial charge in [0.2, 0.25) is 5.91 Å². The van der Waals surface area contributed by atoms with E-state index in [1.165, 1.54) is 5.56 Å². The molecule has 2 aromatic rings. The van der Waals surface area contributed by atoms with Crippen LogP contribution in [0.3, 0.4) is 0 Å². The lowest BCUT2D eigenvalue weighted by molar-refractivity contribution is -0.118. The van der Waals surface area contributed by atoms with E-state index in [2.05, 4.69) is 59.0 Å². The highest BCUT2D eigenvalue weighted by molar-refractivity contribution is 7.99. The quantitative estimate of drug-likeness (QED) is 0.510. The molecular formula is C26H37NO2S. The topological polar surface area (TPSA) is 49.3 Å². The van der Waals surface area contributed by atoms with Crippen LogP contribution in [0.1, 0.15) is 70.2 Å². The average molecular weight is 428 g/mol. The van der Waals surface area contributed by atoms with Crippen molar-refractivity contribution in [3.05, 3.63) is 64.7 Å². The first-order chi connectivity index (χ1) is 14.0. The maximum atomic E-state index is 12.0. The third kappa shape index (κ3) is 7.39. The van der Waals surface area contributed by atoms with Crippen LogP contribution in [0.4, 0.5) is 0 Å². The number of rotatable bonds is 8. The lowest BCUT2D eigenvalue weighted by Crippen LogP contribution is -2.24. The maximum Gasteiger partial charge on any atom is 0.230 e. The number of hydrogen-bond acceptors (Lipinski definition) is 3. The van der Waals surface area contributed by atoms with Gasteiger partial charge in [0.1, 0.15) is 5.75 Å². The van der Waals surface area contributed by atoms with Gasteiger partial charge >= 0.3 is 0 Å². The first kappa shape index (κ1) is 24.3. The lowest BCUT2D eigenvalue weighted by Gasteiger charge is -2.28. The molecule has 0 radical (unpaired) electrons. The van der Waals surface area contributed by atoms with Crippen LogP contribution in [0.25, 0.3) is 0 Å². The summed E-state index contributed by atoms with van der Waals surface area (Å²) in [6.45, 7) is 13.4. The average Bonchev–Trinajstić information content (AvgIpc) is 2.66. The van der Waals surface area contributed by atoms with Gasteiger partial charge in [0.25, 0.3) is 0 Å². The molecule has 0 saturated heterocycles. The van der Waals surface area contributed by atoms with E-state index in [1.807, 2.05) is 30.3 Å². The summed E-state index contributed by atoms with van der Waals surface area (Å²) in [7, 11) is 0. The van der Waals surface area contributed by atoms with Crippen LogP contribution in [0.5, 0.6) is 5.75 Å². The Morgan fingerprint density at radius 1 is 0.933 bits per heavy atom. The second-order valence-electron chi connectivity index (χ2n) is 9.96. The van der Waals surface area contributed by atoms with Crippen molar-refractivity contribution < 1.29 is 9.90 Å². The molecule has 0 fully saturated rings. The Morgan fingerprint density at radius 3 is 2.03 bits per heavy atom. The maximum absolute atomic E-state index is 12.0. The van der Waals surface area contributed by atoms with Gasteiger partial charge in [0, 0.05) is 6.54 Å². The van der Waals surface area contributed by atoms with E-state index in [4.69, 9.17) is 0 Å². The zero-order valence-corrected chi connectivity index (χ0v) is 20.2. The molecule has 2 aromatic carbocycles. The zero-order valence-electron chi connectivity index (χ0n) is 19.3. The molecule has 3 nitrogen and oxygen atoms in total. The molecule has 0 unspecified atom stereocenters. The molecule has 0 aliphatic carbocycles. The molecule has 2 N–H and O–H groups in total. The molecule has 164 valence electrons. The Hall–Kier alpha value is -1.94. The Morgan fingerprint density at radius 2 is 1.50 bits per heavy atom. The van der Waals surface area contributed by atoms with Gasteiger partial charge < -0.3 is 10.4 Å². The predicted molar refractivity (Wildman–Crippen MR) is 129 cm³/mol. The summed E-state index contributed by atoms with van der Waals surface area (Å²) in [6.07, 6.45) is 1.96. The van der Waals surface area contributed by atoms with Crippen LogP contribution < -0.4 is 5.32 Å². The van der Waals surface area contributed by atoms with Gasteiger partial charge in [0.15, 0.2) is 0 Å². The number of hydrogen-bond donors (Lipinski definition) is 2. The van der Waals surface area contributed by atoms with Gasteiger partial charge in [-0.05, 0) is 51.7 Å². The minimum Gasteiger partial charge on any atom is -0.507 e. The smallest absolute Gasteiger partial charge is 0.230 e. The van der Waals surface area contributed by atoms with Gasteiger partial charge in [-0.2, -0.15) is 11.8 Å². The number of benzene rings is 2. The van der Waals surface area contributed by atoms with Crippen LogP contribution in [0.2, 0.25) is 0 Å². The third-order valence-electron chi connectivity index (χ3n) is 5.11. The highest BCUT2D eigenvalue weighted by atomic mass is 32.2. The van der Waals surface area contributed by atoms with Gasteiger partial charge in [-0.1, -0.05) is 84.0 Å². The summed E-state index contributed by atoms with van der Waals surface area (Å²) in [5.41, 5.74) is 4.19. The number of aryl methyl sites for hydroxylation is 1. The molecule has 30 heavy (non-hydrogen) atoms. The number of amides is 1. The molecule has 1 amide bonds. The highest BCUT2D eigenvalue weighted by Crippen LogP contribution is 2.40. The molecule has 0 heterocycles. The Labute approximate surface area is 186 Å². The summed E-state index contributed by atoms with van der Waals surface area (Å²) in [5.74, 6) is 1.94. The summed E-state index contributed by atoms with van der Waals surface area (Å²) in [6, 6.07) is 14.3. The van der Waals surface area contributed by atoms with Gasteiger partial charge in [-0.15, -0.1) is 0 Å². The molecule has 4 heteroatoms. The molecule has 0 bridgehead atoms. The van der Waals surface area contributed by atoms with Crippen molar-refractivity contribution in [3.63, 3.8) is 0 Å². The van der Waals surface area contributed by atoms with Crippen LogP contribution in [0.15, 0.2) is 42.5 Å². The van der Waals surface area contributed by atoms with E-state index >= 15 is 0 Å². The van der Waals surface area contributed by atoms with E-state index in [1.54, 1.807) is 11.8 Å². The minimum atomic E-state index is -0.105. The Balaban J connectivity index is 1.86. The van der Waals surface area contributed by atoms with Crippen LogP contribution in [-0.2, 0) is 28.6 Å². The van der Waals surface area contributed by atoms with Gasteiger partial charge in [-0.3, -0.25) is 4.79 Å². The lowest BCUT2D eigenvalue weighted by atomic mass is 9.78. The standard InChI is InChI=1S/C26H37NO2S/c1-25(2,3)21-15-20(16-22(24(21)29)26(4,5)6)13-10-14-30-18-23(28)27-17-19-11-8-7-9-12-19/h7-9,11-12,15-16,29H,10,13-14,17-18H2,1-6H3,(H,27,28). The Kier molecular flexibility index (Phi) is 8.42. The Bertz CT molecular complexity index is 797. The van der Waals surface area contributed by atoms with E-state index in [9.17, 15) is 9.90 Å². The predicted octanol–water partition coefficient (Wildman–Crippen LogP) is 5.97. The number of nitrogens with one attached hydrogen (secondary N) is 1. The van der Waals surface area contributed by atoms with Crippen molar-refractivity contribution >= 4 is 17.7 Å². The minimum absolute atomic E-state index is 0.0820. The number of carbonyl (C=O) groups excluding carboxylic acids is 1. The summed E-state index contributed by atoms with van der Waals surface area (Å²) in [4.78, 5) is 12.0. The third-order valence-corrected chi connectivity index (χ3v) is 6.15. The van der Waals surface area contributed by atoms with E-state index in [0.29, 0.717) is 18.0 Å². The first-order valence-corrected chi connectivity index (χ1v) is 11.9. The van der Waals surface area contributed by atoms with Crippen molar-refractivity contribution in [2.45, 2.75) is 71.8 Å². The van der Waals surface area contributed by atoms with Gasteiger partial charge in [0.05, 0.1) is 5.75 Å². The molecule has 0 aliphatic heterocycles. The number of thioether (sulfide) groups is 1. The number of aromatic hydroxyl groups is 1. The van der Waals surface area contributed by atoms with Crippen molar-refractivity contribution in [2.24, 2.45) is 0 Å². The van der Waals surface area contributed by atoms with E-state index in [-0.39, 0.29) is 16.7 Å². The van der Waals surface area contributed by atoms with E-state index in [0.717, 1.165) is 35.3 Å². The zero-order chi connectivity index (χ0) is 22.4. The molecule has 0 aromatic heterocycles. The molecule has 0 spiro atoms. The normalized spacial score (nSPS) is 12.1. The van der Waals surface area contributed by atoms with Crippen molar-refractivity contribution in [1.82, 2.24) is 5.32 Å². The fourth-order valence-corrected chi connectivity index (χ4v) is 4.15. The van der Waals surface area contributed by atoms with Gasteiger partial charge in [-0.25, -0.2) is 0 Å². The van der Waals surface area contributed by atoms with Crippen molar-refractivity contribution in [1.29, 1.82) is 0 Å². The molecule has 0 atom stereocenters. The molecule has 2 rings (SSSR count). The number of carbonyl (C=O) groups is 1. The number of phenols is 1.